The first-order valence-electron chi connectivity index (χ1n) is 10.4. The van der Waals surface area contributed by atoms with Gasteiger partial charge in [-0.05, 0) is 55.5 Å². The second-order valence-corrected chi connectivity index (χ2v) is 7.17. The zero-order valence-electron chi connectivity index (χ0n) is 18.2. The molecule has 0 spiro atoms. The highest BCUT2D eigenvalue weighted by molar-refractivity contribution is 6.60. The van der Waals surface area contributed by atoms with E-state index in [1.807, 2.05) is 6.92 Å². The third-order valence-corrected chi connectivity index (χ3v) is 5.08. The first kappa shape index (κ1) is 21.8. The number of aliphatic hydroxyl groups excluding tert-OH is 1. The van der Waals surface area contributed by atoms with Crippen LogP contribution in [0.1, 0.15) is 22.8 Å². The third-order valence-electron chi connectivity index (χ3n) is 5.08. The number of hydrogen-bond acceptors (Lipinski definition) is 6. The van der Waals surface area contributed by atoms with E-state index in [4.69, 9.17) is 9.47 Å². The maximum Gasteiger partial charge on any atom is 0.261 e. The lowest BCUT2D eigenvalue weighted by molar-refractivity contribution is -0.112. The van der Waals surface area contributed by atoms with E-state index >= 15 is 0 Å². The highest BCUT2D eigenvalue weighted by Gasteiger charge is 2.35. The topological polar surface area (TPSA) is 97.2 Å². The number of nitrogens with one attached hydrogen (secondary N) is 1. The minimum Gasteiger partial charge on any atom is -0.506 e. The number of anilines is 1. The highest BCUT2D eigenvalue weighted by atomic mass is 16.5. The van der Waals surface area contributed by atoms with Crippen molar-refractivity contribution in [3.63, 3.8) is 0 Å². The van der Waals surface area contributed by atoms with Crippen LogP contribution in [0.3, 0.4) is 0 Å². The van der Waals surface area contributed by atoms with Gasteiger partial charge in [0.25, 0.3) is 5.91 Å². The number of carbonyl (C=O) groups excluding carboxylic acids is 2. The van der Waals surface area contributed by atoms with Crippen molar-refractivity contribution in [2.45, 2.75) is 6.92 Å². The van der Waals surface area contributed by atoms with E-state index in [2.05, 4.69) is 10.3 Å². The van der Waals surface area contributed by atoms with E-state index in [9.17, 15) is 14.7 Å². The van der Waals surface area contributed by atoms with Gasteiger partial charge in [-0.1, -0.05) is 24.3 Å². The molecule has 3 aromatic rings. The molecule has 1 aliphatic rings. The maximum atomic E-state index is 13.3. The van der Waals surface area contributed by atoms with Gasteiger partial charge in [-0.25, -0.2) is 4.99 Å². The van der Waals surface area contributed by atoms with E-state index in [1.54, 1.807) is 79.9 Å². The van der Waals surface area contributed by atoms with Gasteiger partial charge in [0.2, 0.25) is 5.78 Å². The van der Waals surface area contributed by atoms with Crippen LogP contribution < -0.4 is 14.8 Å². The van der Waals surface area contributed by atoms with Crippen LogP contribution in [0.5, 0.6) is 11.5 Å². The molecule has 0 fully saturated rings. The van der Waals surface area contributed by atoms with Crippen LogP contribution in [0.4, 0.5) is 11.4 Å². The van der Waals surface area contributed by atoms with E-state index in [0.29, 0.717) is 29.5 Å². The van der Waals surface area contributed by atoms with Gasteiger partial charge in [0.15, 0.2) is 0 Å². The van der Waals surface area contributed by atoms with Gasteiger partial charge < -0.3 is 19.9 Å². The summed E-state index contributed by atoms with van der Waals surface area (Å²) in [7, 11) is 1.55. The Balaban J connectivity index is 1.75. The minimum absolute atomic E-state index is 0.139. The molecule has 1 amide bonds. The summed E-state index contributed by atoms with van der Waals surface area (Å²) in [5.74, 6) is -0.101. The molecule has 0 aliphatic heterocycles. The lowest BCUT2D eigenvalue weighted by Crippen LogP contribution is -2.31. The summed E-state index contributed by atoms with van der Waals surface area (Å²) in [4.78, 5) is 30.9. The Bertz CT molecular complexity index is 1260. The Morgan fingerprint density at radius 1 is 0.939 bits per heavy atom. The molecule has 0 bridgehead atoms. The number of fused-ring (bicyclic) bond motifs is 1. The number of Topliss-reactive ketones (excluding diaryl/α,β-unsaturated/α-hetero) is 1. The molecule has 7 heteroatoms. The highest BCUT2D eigenvalue weighted by Crippen LogP contribution is 2.31. The number of ether oxygens (including phenoxy) is 2. The lowest BCUT2D eigenvalue weighted by Gasteiger charge is -2.20. The number of benzene rings is 3. The summed E-state index contributed by atoms with van der Waals surface area (Å²) in [5, 5.41) is 13.7. The van der Waals surface area contributed by atoms with Crippen molar-refractivity contribution in [3.8, 4) is 11.5 Å². The lowest BCUT2D eigenvalue weighted by atomic mass is 9.87. The van der Waals surface area contributed by atoms with Crippen LogP contribution in [-0.2, 0) is 4.79 Å². The predicted octanol–water partition coefficient (Wildman–Crippen LogP) is 4.97. The first-order valence-corrected chi connectivity index (χ1v) is 10.4. The second-order valence-electron chi connectivity index (χ2n) is 7.17. The molecule has 166 valence electrons. The van der Waals surface area contributed by atoms with E-state index in [1.165, 1.54) is 0 Å². The molecule has 2 N–H and O–H groups in total. The van der Waals surface area contributed by atoms with Gasteiger partial charge in [0.1, 0.15) is 28.5 Å². The average molecular weight is 442 g/mol. The Kier molecular flexibility index (Phi) is 6.22. The molecule has 0 saturated heterocycles. The number of nitrogens with zero attached hydrogens (tertiary/aromatic N) is 1. The molecule has 0 unspecified atom stereocenters. The van der Waals surface area contributed by atoms with Crippen molar-refractivity contribution < 1.29 is 24.2 Å². The van der Waals surface area contributed by atoms with Crippen molar-refractivity contribution >= 4 is 34.5 Å². The SMILES string of the molecule is CCOc1ccc(NC(=O)C2=C(O)c3ccccc3C(=O)C2=Nc2ccc(OC)cc2)cc1. The molecular formula is C26H22N2O5. The number of rotatable bonds is 6. The molecule has 0 saturated carbocycles. The molecule has 33 heavy (non-hydrogen) atoms. The molecule has 0 heterocycles. The predicted molar refractivity (Wildman–Crippen MR) is 127 cm³/mol. The van der Waals surface area contributed by atoms with Crippen molar-refractivity contribution in [2.75, 3.05) is 19.0 Å². The van der Waals surface area contributed by atoms with Crippen molar-refractivity contribution in [2.24, 2.45) is 4.99 Å². The Hall–Kier alpha value is -4.39. The largest absolute Gasteiger partial charge is 0.506 e. The number of aliphatic hydroxyl groups is 1. The fourth-order valence-electron chi connectivity index (χ4n) is 3.48. The van der Waals surface area contributed by atoms with Gasteiger partial charge in [-0.15, -0.1) is 0 Å². The zero-order chi connectivity index (χ0) is 23.4. The van der Waals surface area contributed by atoms with Crippen LogP contribution in [0.2, 0.25) is 0 Å². The Morgan fingerprint density at radius 3 is 2.21 bits per heavy atom. The van der Waals surface area contributed by atoms with E-state index in [-0.39, 0.29) is 28.2 Å². The van der Waals surface area contributed by atoms with Crippen LogP contribution in [0, 0.1) is 0 Å². The number of hydrogen-bond donors (Lipinski definition) is 2. The summed E-state index contributed by atoms with van der Waals surface area (Å²) < 4.78 is 10.6. The monoisotopic (exact) mass is 442 g/mol. The van der Waals surface area contributed by atoms with Crippen LogP contribution in [0.25, 0.3) is 5.76 Å². The van der Waals surface area contributed by atoms with E-state index in [0.717, 1.165) is 0 Å². The van der Waals surface area contributed by atoms with Gasteiger partial charge in [-0.2, -0.15) is 0 Å². The summed E-state index contributed by atoms with van der Waals surface area (Å²) in [5.41, 5.74) is 1.16. The van der Waals surface area contributed by atoms with Crippen molar-refractivity contribution in [1.29, 1.82) is 0 Å². The van der Waals surface area contributed by atoms with Crippen LogP contribution >= 0.6 is 0 Å². The molecule has 0 aromatic heterocycles. The second kappa shape index (κ2) is 9.40. The molecule has 1 aliphatic carbocycles. The fraction of sp³-hybridized carbons (Fsp3) is 0.115. The summed E-state index contributed by atoms with van der Waals surface area (Å²) in [6, 6.07) is 20.1. The maximum absolute atomic E-state index is 13.3. The van der Waals surface area contributed by atoms with Gasteiger partial charge in [0.05, 0.1) is 19.4 Å². The molecular weight excluding hydrogens is 420 g/mol. The number of aliphatic imine (C=N–C) groups is 1. The Morgan fingerprint density at radius 2 is 1.58 bits per heavy atom. The molecule has 4 rings (SSSR count). The average Bonchev–Trinajstić information content (AvgIpc) is 2.84. The summed E-state index contributed by atoms with van der Waals surface area (Å²) in [6.07, 6.45) is 0. The zero-order valence-corrected chi connectivity index (χ0v) is 18.2. The summed E-state index contributed by atoms with van der Waals surface area (Å²) >= 11 is 0. The number of ketones is 1. The van der Waals surface area contributed by atoms with E-state index < -0.39 is 11.7 Å². The van der Waals surface area contributed by atoms with Crippen molar-refractivity contribution in [3.05, 3.63) is 89.5 Å². The fourth-order valence-corrected chi connectivity index (χ4v) is 3.48. The quantitative estimate of drug-likeness (QED) is 0.562. The molecule has 0 atom stereocenters. The number of carbonyl (C=O) groups is 2. The summed E-state index contributed by atoms with van der Waals surface area (Å²) in [6.45, 7) is 2.41. The standard InChI is InChI=1S/C26H22N2O5/c1-3-33-19-14-10-17(11-15-19)28-26(31)22-23(27-16-8-12-18(32-2)13-9-16)25(30)21-7-5-4-6-20(21)24(22)29/h4-15,29H,3H2,1-2H3,(H,28,31). The number of methoxy groups -OCH3 is 1. The van der Waals surface area contributed by atoms with Crippen LogP contribution in [0.15, 0.2) is 83.4 Å². The normalized spacial score (nSPS) is 14.1. The van der Waals surface area contributed by atoms with Crippen LogP contribution in [-0.4, -0.2) is 36.2 Å². The van der Waals surface area contributed by atoms with Gasteiger partial charge in [-0.3, -0.25) is 9.59 Å². The van der Waals surface area contributed by atoms with Gasteiger partial charge >= 0.3 is 0 Å². The third kappa shape index (κ3) is 4.48. The first-order chi connectivity index (χ1) is 16.0. The molecule has 3 aromatic carbocycles. The minimum atomic E-state index is -0.647. The smallest absolute Gasteiger partial charge is 0.261 e. The van der Waals surface area contributed by atoms with Crippen molar-refractivity contribution in [1.82, 2.24) is 0 Å². The molecule has 0 radical (unpaired) electrons. The van der Waals surface area contributed by atoms with Gasteiger partial charge in [0, 0.05) is 16.8 Å². The number of amides is 1. The molecule has 7 nitrogen and oxygen atoms in total. The Labute approximate surface area is 191 Å².